The molecule has 0 radical (unpaired) electrons. The average molecular weight is 298 g/mol. The van der Waals surface area contributed by atoms with Crippen LogP contribution in [0, 0.1) is 6.92 Å². The standard InChI is InChI=1S/C12H14N2O3S2/c1-7-6-8-10(16)13-12(14-11(8)19-7)18-5-3-4-9(15)17-2/h6H,3-5H2,1-2H3,(H,13,14,16). The molecule has 0 amide bonds. The molecule has 0 aliphatic heterocycles. The van der Waals surface area contributed by atoms with Crippen LogP contribution in [0.4, 0.5) is 0 Å². The summed E-state index contributed by atoms with van der Waals surface area (Å²) in [7, 11) is 1.38. The number of thioether (sulfide) groups is 1. The zero-order chi connectivity index (χ0) is 13.8. The SMILES string of the molecule is COC(=O)CCCSc1nc2sc(C)cc2c(=O)[nH]1. The summed E-state index contributed by atoms with van der Waals surface area (Å²) in [6.07, 6.45) is 1.08. The van der Waals surface area contributed by atoms with E-state index in [1.165, 1.54) is 30.2 Å². The molecule has 5 nitrogen and oxygen atoms in total. The summed E-state index contributed by atoms with van der Waals surface area (Å²) in [5, 5.41) is 1.24. The molecular weight excluding hydrogens is 284 g/mol. The number of methoxy groups -OCH3 is 1. The Kier molecular flexibility index (Phi) is 4.60. The van der Waals surface area contributed by atoms with Crippen molar-refractivity contribution in [3.05, 3.63) is 21.3 Å². The second kappa shape index (κ2) is 6.21. The molecule has 0 spiro atoms. The van der Waals surface area contributed by atoms with E-state index < -0.39 is 0 Å². The van der Waals surface area contributed by atoms with Gasteiger partial charge >= 0.3 is 5.97 Å². The van der Waals surface area contributed by atoms with Gasteiger partial charge in [0.05, 0.1) is 12.5 Å². The predicted octanol–water partition coefficient (Wildman–Crippen LogP) is 2.34. The number of fused-ring (bicyclic) bond motifs is 1. The van der Waals surface area contributed by atoms with Crippen LogP contribution in [0.5, 0.6) is 0 Å². The summed E-state index contributed by atoms with van der Waals surface area (Å²) in [5.74, 6) is 0.500. The zero-order valence-corrected chi connectivity index (χ0v) is 12.3. The summed E-state index contributed by atoms with van der Waals surface area (Å²) < 4.78 is 4.56. The van der Waals surface area contributed by atoms with Gasteiger partial charge in [0.2, 0.25) is 0 Å². The van der Waals surface area contributed by atoms with Gasteiger partial charge in [-0.2, -0.15) is 0 Å². The number of hydrogen-bond donors (Lipinski definition) is 1. The molecule has 0 atom stereocenters. The molecule has 2 aromatic rings. The Labute approximate surface area is 118 Å². The number of hydrogen-bond acceptors (Lipinski definition) is 6. The van der Waals surface area contributed by atoms with E-state index in [-0.39, 0.29) is 11.5 Å². The van der Waals surface area contributed by atoms with E-state index in [1.807, 2.05) is 13.0 Å². The van der Waals surface area contributed by atoms with Gasteiger partial charge in [-0.05, 0) is 19.4 Å². The maximum Gasteiger partial charge on any atom is 0.305 e. The van der Waals surface area contributed by atoms with Gasteiger partial charge in [-0.15, -0.1) is 11.3 Å². The first kappa shape index (κ1) is 14.1. The maximum atomic E-state index is 11.8. The minimum atomic E-state index is -0.216. The molecule has 0 aromatic carbocycles. The number of aromatic amines is 1. The van der Waals surface area contributed by atoms with Gasteiger partial charge in [0.25, 0.3) is 5.56 Å². The van der Waals surface area contributed by atoms with Crippen LogP contribution in [0.25, 0.3) is 10.2 Å². The highest BCUT2D eigenvalue weighted by atomic mass is 32.2. The minimum Gasteiger partial charge on any atom is -0.469 e. The molecule has 102 valence electrons. The van der Waals surface area contributed by atoms with Crippen LogP contribution in [0.3, 0.4) is 0 Å². The van der Waals surface area contributed by atoms with Crippen LogP contribution in [0.2, 0.25) is 0 Å². The van der Waals surface area contributed by atoms with Crippen LogP contribution in [-0.2, 0) is 9.53 Å². The third-order valence-electron chi connectivity index (χ3n) is 2.50. The summed E-state index contributed by atoms with van der Waals surface area (Å²) in [6, 6.07) is 1.84. The first-order valence-electron chi connectivity index (χ1n) is 5.80. The number of esters is 1. The lowest BCUT2D eigenvalue weighted by atomic mass is 10.3. The molecule has 19 heavy (non-hydrogen) atoms. The van der Waals surface area contributed by atoms with E-state index in [2.05, 4.69) is 14.7 Å². The number of carbonyl (C=O) groups is 1. The first-order chi connectivity index (χ1) is 9.10. The van der Waals surface area contributed by atoms with Crippen molar-refractivity contribution in [1.82, 2.24) is 9.97 Å². The molecule has 2 aromatic heterocycles. The van der Waals surface area contributed by atoms with E-state index >= 15 is 0 Å². The topological polar surface area (TPSA) is 72.0 Å². The number of nitrogens with one attached hydrogen (secondary N) is 1. The van der Waals surface area contributed by atoms with Crippen LogP contribution in [0.15, 0.2) is 16.0 Å². The first-order valence-corrected chi connectivity index (χ1v) is 7.60. The third kappa shape index (κ3) is 3.57. The van der Waals surface area contributed by atoms with Crippen molar-refractivity contribution in [2.45, 2.75) is 24.9 Å². The van der Waals surface area contributed by atoms with Gasteiger partial charge in [-0.1, -0.05) is 11.8 Å². The Morgan fingerprint density at radius 3 is 3.11 bits per heavy atom. The molecule has 0 unspecified atom stereocenters. The number of aromatic nitrogens is 2. The molecule has 0 saturated carbocycles. The maximum absolute atomic E-state index is 11.8. The lowest BCUT2D eigenvalue weighted by Gasteiger charge is -2.00. The zero-order valence-electron chi connectivity index (χ0n) is 10.7. The van der Waals surface area contributed by atoms with Crippen LogP contribution >= 0.6 is 23.1 Å². The summed E-state index contributed by atoms with van der Waals surface area (Å²) >= 11 is 2.95. The van der Waals surface area contributed by atoms with Gasteiger partial charge in [0.15, 0.2) is 5.16 Å². The average Bonchev–Trinajstić information content (AvgIpc) is 2.75. The van der Waals surface area contributed by atoms with E-state index in [1.54, 1.807) is 0 Å². The largest absolute Gasteiger partial charge is 0.469 e. The Hall–Kier alpha value is -1.34. The van der Waals surface area contributed by atoms with Crippen molar-refractivity contribution < 1.29 is 9.53 Å². The second-order valence-corrected chi connectivity index (χ2v) is 6.29. The van der Waals surface area contributed by atoms with Crippen molar-refractivity contribution in [1.29, 1.82) is 0 Å². The van der Waals surface area contributed by atoms with Crippen LogP contribution in [0.1, 0.15) is 17.7 Å². The number of H-pyrrole nitrogens is 1. The highest BCUT2D eigenvalue weighted by Crippen LogP contribution is 2.22. The summed E-state index contributed by atoms with van der Waals surface area (Å²) in [5.41, 5.74) is -0.107. The molecule has 0 aliphatic carbocycles. The summed E-state index contributed by atoms with van der Waals surface area (Å²) in [4.78, 5) is 31.8. The fraction of sp³-hybridized carbons (Fsp3) is 0.417. The molecule has 0 fully saturated rings. The smallest absolute Gasteiger partial charge is 0.305 e. The molecule has 1 N–H and O–H groups in total. The number of thiophene rings is 1. The van der Waals surface area contributed by atoms with Gasteiger partial charge in [-0.25, -0.2) is 4.98 Å². The Bertz CT molecular complexity index is 648. The van der Waals surface area contributed by atoms with E-state index in [0.717, 1.165) is 9.71 Å². The molecule has 0 aliphatic rings. The van der Waals surface area contributed by atoms with Crippen molar-refractivity contribution in [3.8, 4) is 0 Å². The molecular formula is C12H14N2O3S2. The Morgan fingerprint density at radius 2 is 2.37 bits per heavy atom. The summed E-state index contributed by atoms with van der Waals surface area (Å²) in [6.45, 7) is 1.95. The highest BCUT2D eigenvalue weighted by molar-refractivity contribution is 7.99. The van der Waals surface area contributed by atoms with Gasteiger partial charge in [-0.3, -0.25) is 9.59 Å². The van der Waals surface area contributed by atoms with Crippen LogP contribution in [-0.4, -0.2) is 28.8 Å². The normalized spacial score (nSPS) is 10.8. The number of rotatable bonds is 5. The van der Waals surface area contributed by atoms with E-state index in [0.29, 0.717) is 29.1 Å². The molecule has 2 heterocycles. The second-order valence-electron chi connectivity index (χ2n) is 3.98. The molecule has 0 saturated heterocycles. The number of nitrogens with zero attached hydrogens (tertiary/aromatic N) is 1. The third-order valence-corrected chi connectivity index (χ3v) is 4.40. The predicted molar refractivity (Wildman–Crippen MR) is 77.0 cm³/mol. The Balaban J connectivity index is 2.01. The fourth-order valence-electron chi connectivity index (χ4n) is 1.59. The van der Waals surface area contributed by atoms with Crippen molar-refractivity contribution in [2.75, 3.05) is 12.9 Å². The minimum absolute atomic E-state index is 0.107. The van der Waals surface area contributed by atoms with Crippen LogP contribution < -0.4 is 5.56 Å². The number of aryl methyl sites for hydroxylation is 1. The molecule has 0 bridgehead atoms. The lowest BCUT2D eigenvalue weighted by molar-refractivity contribution is -0.140. The molecule has 7 heteroatoms. The number of ether oxygens (including phenoxy) is 1. The molecule has 2 rings (SSSR count). The van der Waals surface area contributed by atoms with Gasteiger partial charge in [0, 0.05) is 17.1 Å². The van der Waals surface area contributed by atoms with Crippen molar-refractivity contribution in [3.63, 3.8) is 0 Å². The van der Waals surface area contributed by atoms with E-state index in [4.69, 9.17) is 0 Å². The van der Waals surface area contributed by atoms with Crippen molar-refractivity contribution in [2.24, 2.45) is 0 Å². The monoisotopic (exact) mass is 298 g/mol. The quantitative estimate of drug-likeness (QED) is 0.397. The Morgan fingerprint density at radius 1 is 1.58 bits per heavy atom. The van der Waals surface area contributed by atoms with Gasteiger partial charge in [0.1, 0.15) is 4.83 Å². The fourth-order valence-corrected chi connectivity index (χ4v) is 3.33. The lowest BCUT2D eigenvalue weighted by Crippen LogP contribution is -2.07. The highest BCUT2D eigenvalue weighted by Gasteiger charge is 2.07. The van der Waals surface area contributed by atoms with E-state index in [9.17, 15) is 9.59 Å². The van der Waals surface area contributed by atoms with Gasteiger partial charge < -0.3 is 9.72 Å². The van der Waals surface area contributed by atoms with Crippen molar-refractivity contribution >= 4 is 39.3 Å². The number of carbonyl (C=O) groups excluding carboxylic acids is 1.